The number of methoxy groups -OCH3 is 1. The first kappa shape index (κ1) is 16.5. The van der Waals surface area contributed by atoms with E-state index in [2.05, 4.69) is 10.3 Å². The van der Waals surface area contributed by atoms with E-state index in [1.165, 1.54) is 11.8 Å². The Morgan fingerprint density at radius 1 is 1.22 bits per heavy atom. The molecule has 0 unspecified atom stereocenters. The zero-order valence-electron chi connectivity index (χ0n) is 13.2. The highest BCUT2D eigenvalue weighted by Gasteiger charge is 2.14. The summed E-state index contributed by atoms with van der Waals surface area (Å²) in [6.07, 6.45) is 3.34. The number of nitrogens with zero attached hydrogens (tertiary/aromatic N) is 2. The van der Waals surface area contributed by atoms with Crippen LogP contribution in [-0.4, -0.2) is 35.4 Å². The molecule has 2 amide bonds. The topological polar surface area (TPSA) is 71.5 Å². The molecule has 1 aromatic carbocycles. The van der Waals surface area contributed by atoms with Gasteiger partial charge in [0.15, 0.2) is 0 Å². The zero-order valence-corrected chi connectivity index (χ0v) is 13.2. The molecule has 2 aromatic rings. The van der Waals surface area contributed by atoms with E-state index in [0.717, 1.165) is 5.56 Å². The van der Waals surface area contributed by atoms with E-state index in [1.54, 1.807) is 49.8 Å². The van der Waals surface area contributed by atoms with E-state index in [-0.39, 0.29) is 18.4 Å². The Morgan fingerprint density at radius 2 is 1.96 bits per heavy atom. The van der Waals surface area contributed by atoms with Crippen LogP contribution in [0.1, 0.15) is 12.5 Å². The molecule has 23 heavy (non-hydrogen) atoms. The fraction of sp³-hybridized carbons (Fsp3) is 0.235. The number of hydrogen-bond donors (Lipinski definition) is 1. The number of rotatable bonds is 6. The third-order valence-electron chi connectivity index (χ3n) is 3.25. The molecule has 0 saturated heterocycles. The number of hydrogen-bond acceptors (Lipinski definition) is 4. The quantitative estimate of drug-likeness (QED) is 0.886. The van der Waals surface area contributed by atoms with Gasteiger partial charge in [0.2, 0.25) is 11.8 Å². The molecule has 0 radical (unpaired) electrons. The number of nitrogens with one attached hydrogen (secondary N) is 1. The molecule has 1 N–H and O–H groups in total. The van der Waals surface area contributed by atoms with E-state index in [0.29, 0.717) is 18.0 Å². The molecule has 0 bridgehead atoms. The van der Waals surface area contributed by atoms with E-state index in [9.17, 15) is 9.59 Å². The van der Waals surface area contributed by atoms with Crippen LogP contribution in [0.3, 0.4) is 0 Å². The lowest BCUT2D eigenvalue weighted by molar-refractivity contribution is -0.133. The van der Waals surface area contributed by atoms with Crippen molar-refractivity contribution in [1.82, 2.24) is 9.88 Å². The second kappa shape index (κ2) is 7.93. The maximum Gasteiger partial charge on any atom is 0.244 e. The lowest BCUT2D eigenvalue weighted by atomic mass is 10.2. The van der Waals surface area contributed by atoms with Gasteiger partial charge in [-0.3, -0.25) is 14.6 Å². The van der Waals surface area contributed by atoms with Crippen molar-refractivity contribution in [2.24, 2.45) is 0 Å². The van der Waals surface area contributed by atoms with Gasteiger partial charge < -0.3 is 15.0 Å². The minimum absolute atomic E-state index is 0.0176. The molecule has 120 valence electrons. The molecule has 2 rings (SSSR count). The summed E-state index contributed by atoms with van der Waals surface area (Å²) in [5, 5.41) is 2.76. The highest BCUT2D eigenvalue weighted by molar-refractivity contribution is 5.94. The number of carbonyl (C=O) groups is 2. The van der Waals surface area contributed by atoms with Gasteiger partial charge in [0.05, 0.1) is 7.11 Å². The molecule has 0 spiro atoms. The van der Waals surface area contributed by atoms with Crippen molar-refractivity contribution in [3.8, 4) is 5.75 Å². The van der Waals surface area contributed by atoms with Crippen LogP contribution in [0, 0.1) is 0 Å². The van der Waals surface area contributed by atoms with Crippen molar-refractivity contribution < 1.29 is 14.3 Å². The molecule has 6 nitrogen and oxygen atoms in total. The molecular formula is C17H19N3O3. The molecule has 0 aliphatic rings. The van der Waals surface area contributed by atoms with Gasteiger partial charge in [0.1, 0.15) is 12.3 Å². The lowest BCUT2D eigenvalue weighted by Crippen LogP contribution is -2.36. The molecule has 0 atom stereocenters. The van der Waals surface area contributed by atoms with Crippen molar-refractivity contribution in [1.29, 1.82) is 0 Å². The van der Waals surface area contributed by atoms with Gasteiger partial charge in [0.25, 0.3) is 0 Å². The Hall–Kier alpha value is -2.89. The molecule has 0 aliphatic carbocycles. The van der Waals surface area contributed by atoms with Gasteiger partial charge in [-0.05, 0) is 35.9 Å². The van der Waals surface area contributed by atoms with Gasteiger partial charge >= 0.3 is 0 Å². The van der Waals surface area contributed by atoms with Gasteiger partial charge in [0, 0.05) is 31.5 Å². The highest BCUT2D eigenvalue weighted by Crippen LogP contribution is 2.15. The van der Waals surface area contributed by atoms with Crippen LogP contribution in [0.5, 0.6) is 5.75 Å². The molecule has 0 fully saturated rings. The maximum absolute atomic E-state index is 12.1. The SMILES string of the molecule is COc1ccc(NC(=O)CN(Cc2cccnc2)C(C)=O)cc1. The van der Waals surface area contributed by atoms with Crippen molar-refractivity contribution in [3.05, 3.63) is 54.4 Å². The predicted octanol–water partition coefficient (Wildman–Crippen LogP) is 2.08. The smallest absolute Gasteiger partial charge is 0.244 e. The van der Waals surface area contributed by atoms with E-state index >= 15 is 0 Å². The Labute approximate surface area is 135 Å². The van der Waals surface area contributed by atoms with Crippen LogP contribution in [0.2, 0.25) is 0 Å². The Kier molecular flexibility index (Phi) is 5.68. The fourth-order valence-corrected chi connectivity index (χ4v) is 2.04. The summed E-state index contributed by atoms with van der Waals surface area (Å²) in [4.78, 5) is 29.3. The van der Waals surface area contributed by atoms with E-state index < -0.39 is 0 Å². The largest absolute Gasteiger partial charge is 0.497 e. The number of aromatic nitrogens is 1. The molecular weight excluding hydrogens is 294 g/mol. The van der Waals surface area contributed by atoms with Crippen LogP contribution >= 0.6 is 0 Å². The standard InChI is InChI=1S/C17H19N3O3/c1-13(21)20(11-14-4-3-9-18-10-14)12-17(22)19-15-5-7-16(23-2)8-6-15/h3-10H,11-12H2,1-2H3,(H,19,22). The molecule has 0 saturated carbocycles. The summed E-state index contributed by atoms with van der Waals surface area (Å²) in [5.74, 6) is 0.290. The van der Waals surface area contributed by atoms with Crippen molar-refractivity contribution in [3.63, 3.8) is 0 Å². The number of ether oxygens (including phenoxy) is 1. The first-order chi connectivity index (χ1) is 11.1. The summed E-state index contributed by atoms with van der Waals surface area (Å²) in [6, 6.07) is 10.7. The summed E-state index contributed by atoms with van der Waals surface area (Å²) in [6.45, 7) is 1.77. The number of anilines is 1. The molecule has 1 aromatic heterocycles. The van der Waals surface area contributed by atoms with E-state index in [1.807, 2.05) is 6.07 Å². The first-order valence-electron chi connectivity index (χ1n) is 7.17. The third-order valence-corrected chi connectivity index (χ3v) is 3.25. The first-order valence-corrected chi connectivity index (χ1v) is 7.17. The van der Waals surface area contributed by atoms with Gasteiger partial charge in [-0.15, -0.1) is 0 Å². The van der Waals surface area contributed by atoms with Crippen molar-refractivity contribution >= 4 is 17.5 Å². The third kappa shape index (κ3) is 5.10. The summed E-state index contributed by atoms with van der Waals surface area (Å²) >= 11 is 0. The second-order valence-corrected chi connectivity index (χ2v) is 5.01. The average Bonchev–Trinajstić information content (AvgIpc) is 2.56. The number of amides is 2. The minimum Gasteiger partial charge on any atom is -0.497 e. The minimum atomic E-state index is -0.255. The fourth-order valence-electron chi connectivity index (χ4n) is 2.04. The van der Waals surface area contributed by atoms with E-state index in [4.69, 9.17) is 4.74 Å². The average molecular weight is 313 g/mol. The van der Waals surface area contributed by atoms with Crippen LogP contribution in [0.25, 0.3) is 0 Å². The van der Waals surface area contributed by atoms with Gasteiger partial charge in [-0.1, -0.05) is 6.07 Å². The number of carbonyl (C=O) groups excluding carboxylic acids is 2. The second-order valence-electron chi connectivity index (χ2n) is 5.01. The summed E-state index contributed by atoms with van der Waals surface area (Å²) in [7, 11) is 1.58. The highest BCUT2D eigenvalue weighted by atomic mass is 16.5. The molecule has 0 aliphatic heterocycles. The van der Waals surface area contributed by atoms with Crippen molar-refractivity contribution in [2.75, 3.05) is 19.0 Å². The zero-order chi connectivity index (χ0) is 16.7. The number of pyridine rings is 1. The molecule has 6 heteroatoms. The van der Waals surface area contributed by atoms with Crippen LogP contribution in [0.15, 0.2) is 48.8 Å². The maximum atomic E-state index is 12.1. The predicted molar refractivity (Wildman–Crippen MR) is 87.0 cm³/mol. The van der Waals surface area contributed by atoms with Crippen LogP contribution < -0.4 is 10.1 Å². The Bertz CT molecular complexity index is 657. The van der Waals surface area contributed by atoms with Gasteiger partial charge in [-0.25, -0.2) is 0 Å². The summed E-state index contributed by atoms with van der Waals surface area (Å²) in [5.41, 5.74) is 1.53. The van der Waals surface area contributed by atoms with Crippen molar-refractivity contribution in [2.45, 2.75) is 13.5 Å². The van der Waals surface area contributed by atoms with Crippen LogP contribution in [-0.2, 0) is 16.1 Å². The molecule has 1 heterocycles. The van der Waals surface area contributed by atoms with Gasteiger partial charge in [-0.2, -0.15) is 0 Å². The monoisotopic (exact) mass is 313 g/mol. The number of benzene rings is 1. The Balaban J connectivity index is 1.96. The van der Waals surface area contributed by atoms with Crippen LogP contribution in [0.4, 0.5) is 5.69 Å². The normalized spacial score (nSPS) is 10.0. The Morgan fingerprint density at radius 3 is 2.52 bits per heavy atom. The summed E-state index contributed by atoms with van der Waals surface area (Å²) < 4.78 is 5.07. The lowest BCUT2D eigenvalue weighted by Gasteiger charge is -2.20.